The average molecular weight is 249 g/mol. The molecule has 2 amide bonds. The predicted molar refractivity (Wildman–Crippen MR) is 69.7 cm³/mol. The smallest absolute Gasteiger partial charge is 0.241 e. The standard InChI is InChI=1S/C13H19N3O2/c1-2-15-11(17)8-9-16-13(18)12(14)10-6-4-3-5-7-10/h3-7,12H,2,8-9,14H2,1H3,(H,15,17)(H,16,18). The number of nitrogens with two attached hydrogens (primary N) is 1. The third kappa shape index (κ3) is 4.55. The summed E-state index contributed by atoms with van der Waals surface area (Å²) in [4.78, 5) is 22.9. The molecule has 0 spiro atoms. The van der Waals surface area contributed by atoms with Gasteiger partial charge in [-0.2, -0.15) is 0 Å². The highest BCUT2D eigenvalue weighted by molar-refractivity contribution is 5.83. The Kier molecular flexibility index (Phi) is 5.87. The van der Waals surface area contributed by atoms with E-state index in [1.807, 2.05) is 25.1 Å². The van der Waals surface area contributed by atoms with Crippen molar-refractivity contribution in [3.63, 3.8) is 0 Å². The van der Waals surface area contributed by atoms with Crippen molar-refractivity contribution in [3.05, 3.63) is 35.9 Å². The van der Waals surface area contributed by atoms with Crippen LogP contribution in [0.2, 0.25) is 0 Å². The molecule has 5 nitrogen and oxygen atoms in total. The molecule has 0 aliphatic carbocycles. The van der Waals surface area contributed by atoms with Gasteiger partial charge in [-0.3, -0.25) is 9.59 Å². The Hall–Kier alpha value is -1.88. The lowest BCUT2D eigenvalue weighted by molar-refractivity contribution is -0.123. The maximum absolute atomic E-state index is 11.7. The van der Waals surface area contributed by atoms with Crippen LogP contribution in [0.25, 0.3) is 0 Å². The van der Waals surface area contributed by atoms with Crippen molar-refractivity contribution in [2.75, 3.05) is 13.1 Å². The van der Waals surface area contributed by atoms with E-state index in [-0.39, 0.29) is 18.2 Å². The second-order valence-electron chi connectivity index (χ2n) is 3.88. The number of nitrogens with one attached hydrogen (secondary N) is 2. The molecule has 1 rings (SSSR count). The number of carbonyl (C=O) groups excluding carboxylic acids is 2. The minimum absolute atomic E-state index is 0.0777. The number of hydrogen-bond donors (Lipinski definition) is 3. The maximum Gasteiger partial charge on any atom is 0.241 e. The van der Waals surface area contributed by atoms with Gasteiger partial charge in [0.15, 0.2) is 0 Å². The second-order valence-corrected chi connectivity index (χ2v) is 3.88. The minimum atomic E-state index is -0.694. The zero-order valence-corrected chi connectivity index (χ0v) is 10.5. The molecule has 0 aromatic heterocycles. The molecule has 1 aromatic carbocycles. The van der Waals surface area contributed by atoms with Crippen LogP contribution in [0.4, 0.5) is 0 Å². The molecule has 0 saturated heterocycles. The Morgan fingerprint density at radius 3 is 2.50 bits per heavy atom. The Morgan fingerprint density at radius 1 is 1.22 bits per heavy atom. The Balaban J connectivity index is 2.35. The number of carbonyl (C=O) groups is 2. The topological polar surface area (TPSA) is 84.2 Å². The number of benzene rings is 1. The van der Waals surface area contributed by atoms with Crippen LogP contribution >= 0.6 is 0 Å². The third-order valence-corrected chi connectivity index (χ3v) is 2.47. The van der Waals surface area contributed by atoms with Gasteiger partial charge in [-0.1, -0.05) is 30.3 Å². The summed E-state index contributed by atoms with van der Waals surface area (Å²) in [5.74, 6) is -0.350. The first-order valence-electron chi connectivity index (χ1n) is 6.00. The van der Waals surface area contributed by atoms with E-state index in [1.54, 1.807) is 12.1 Å². The summed E-state index contributed by atoms with van der Waals surface area (Å²) in [5.41, 5.74) is 6.56. The summed E-state index contributed by atoms with van der Waals surface area (Å²) in [6.07, 6.45) is 0.265. The van der Waals surface area contributed by atoms with Crippen LogP contribution in [0.1, 0.15) is 24.9 Å². The van der Waals surface area contributed by atoms with Gasteiger partial charge in [0.1, 0.15) is 6.04 Å². The molecule has 1 atom stereocenters. The molecule has 1 unspecified atom stereocenters. The fraction of sp³-hybridized carbons (Fsp3) is 0.385. The van der Waals surface area contributed by atoms with E-state index >= 15 is 0 Å². The molecule has 18 heavy (non-hydrogen) atoms. The van der Waals surface area contributed by atoms with Gasteiger partial charge < -0.3 is 16.4 Å². The van der Waals surface area contributed by atoms with Crippen molar-refractivity contribution >= 4 is 11.8 Å². The Labute approximate surface area is 107 Å². The molecule has 98 valence electrons. The van der Waals surface area contributed by atoms with E-state index in [4.69, 9.17) is 5.73 Å². The molecule has 0 bridgehead atoms. The molecular formula is C13H19N3O2. The number of rotatable bonds is 6. The van der Waals surface area contributed by atoms with E-state index in [0.717, 1.165) is 5.56 Å². The molecule has 4 N–H and O–H groups in total. The van der Waals surface area contributed by atoms with Crippen molar-refractivity contribution in [2.45, 2.75) is 19.4 Å². The molecule has 0 aliphatic heterocycles. The highest BCUT2D eigenvalue weighted by Gasteiger charge is 2.14. The van der Waals surface area contributed by atoms with E-state index in [2.05, 4.69) is 10.6 Å². The molecule has 5 heteroatoms. The SMILES string of the molecule is CCNC(=O)CCNC(=O)C(N)c1ccccc1. The van der Waals surface area contributed by atoms with Gasteiger partial charge in [-0.05, 0) is 12.5 Å². The lowest BCUT2D eigenvalue weighted by atomic mass is 10.1. The highest BCUT2D eigenvalue weighted by Crippen LogP contribution is 2.08. The lowest BCUT2D eigenvalue weighted by Gasteiger charge is -2.12. The normalized spacial score (nSPS) is 11.7. The van der Waals surface area contributed by atoms with E-state index in [9.17, 15) is 9.59 Å². The van der Waals surface area contributed by atoms with E-state index in [1.165, 1.54) is 0 Å². The van der Waals surface area contributed by atoms with Crippen LogP contribution in [0.3, 0.4) is 0 Å². The van der Waals surface area contributed by atoms with Gasteiger partial charge >= 0.3 is 0 Å². The van der Waals surface area contributed by atoms with Crippen LogP contribution < -0.4 is 16.4 Å². The van der Waals surface area contributed by atoms with Gasteiger partial charge in [0.25, 0.3) is 0 Å². The van der Waals surface area contributed by atoms with Crippen molar-refractivity contribution in [1.82, 2.24) is 10.6 Å². The zero-order valence-electron chi connectivity index (χ0n) is 10.5. The van der Waals surface area contributed by atoms with Crippen molar-refractivity contribution in [2.24, 2.45) is 5.73 Å². The van der Waals surface area contributed by atoms with E-state index in [0.29, 0.717) is 13.1 Å². The van der Waals surface area contributed by atoms with Crippen molar-refractivity contribution in [3.8, 4) is 0 Å². The minimum Gasteiger partial charge on any atom is -0.356 e. The predicted octanol–water partition coefficient (Wildman–Crippen LogP) is 0.329. The van der Waals surface area contributed by atoms with Gasteiger partial charge in [0, 0.05) is 19.5 Å². The average Bonchev–Trinajstić information content (AvgIpc) is 2.39. The first-order valence-corrected chi connectivity index (χ1v) is 6.00. The molecule has 0 fully saturated rings. The highest BCUT2D eigenvalue weighted by atomic mass is 16.2. The largest absolute Gasteiger partial charge is 0.356 e. The van der Waals surface area contributed by atoms with Crippen LogP contribution in [-0.2, 0) is 9.59 Å². The summed E-state index contributed by atoms with van der Waals surface area (Å²) in [6.45, 7) is 2.74. The van der Waals surface area contributed by atoms with E-state index < -0.39 is 6.04 Å². The molecular weight excluding hydrogens is 230 g/mol. The van der Waals surface area contributed by atoms with Crippen LogP contribution in [0.15, 0.2) is 30.3 Å². The summed E-state index contributed by atoms with van der Waals surface area (Å²) < 4.78 is 0. The Morgan fingerprint density at radius 2 is 1.89 bits per heavy atom. The van der Waals surface area contributed by atoms with Crippen LogP contribution in [0.5, 0.6) is 0 Å². The van der Waals surface area contributed by atoms with Gasteiger partial charge in [-0.15, -0.1) is 0 Å². The molecule has 0 heterocycles. The monoisotopic (exact) mass is 249 g/mol. The van der Waals surface area contributed by atoms with Crippen LogP contribution in [0, 0.1) is 0 Å². The van der Waals surface area contributed by atoms with Gasteiger partial charge in [0.2, 0.25) is 11.8 Å². The quantitative estimate of drug-likeness (QED) is 0.679. The molecule has 0 saturated carbocycles. The summed E-state index contributed by atoms with van der Waals surface area (Å²) in [6, 6.07) is 8.43. The molecule has 0 radical (unpaired) electrons. The molecule has 0 aliphatic rings. The fourth-order valence-electron chi connectivity index (χ4n) is 1.51. The summed E-state index contributed by atoms with van der Waals surface area (Å²) in [7, 11) is 0. The first-order chi connectivity index (χ1) is 8.65. The number of hydrogen-bond acceptors (Lipinski definition) is 3. The summed E-state index contributed by atoms with van der Waals surface area (Å²) in [5, 5.41) is 5.30. The van der Waals surface area contributed by atoms with Gasteiger partial charge in [-0.25, -0.2) is 0 Å². The van der Waals surface area contributed by atoms with Crippen molar-refractivity contribution < 1.29 is 9.59 Å². The Bertz CT molecular complexity index is 392. The summed E-state index contributed by atoms with van der Waals surface area (Å²) >= 11 is 0. The molecule has 1 aromatic rings. The van der Waals surface area contributed by atoms with Crippen LogP contribution in [-0.4, -0.2) is 24.9 Å². The zero-order chi connectivity index (χ0) is 13.4. The maximum atomic E-state index is 11.7. The lowest BCUT2D eigenvalue weighted by Crippen LogP contribution is -2.36. The second kappa shape index (κ2) is 7.45. The third-order valence-electron chi connectivity index (χ3n) is 2.47. The van der Waals surface area contributed by atoms with Gasteiger partial charge in [0.05, 0.1) is 0 Å². The first kappa shape index (κ1) is 14.2. The number of amides is 2. The fourth-order valence-corrected chi connectivity index (χ4v) is 1.51. The van der Waals surface area contributed by atoms with Crippen molar-refractivity contribution in [1.29, 1.82) is 0 Å².